The van der Waals surface area contributed by atoms with Crippen LogP contribution >= 0.6 is 11.3 Å². The number of nitrogens with zero attached hydrogens (tertiary/aromatic N) is 2. The van der Waals surface area contributed by atoms with E-state index in [1.54, 1.807) is 5.51 Å². The molecule has 1 atom stereocenters. The molecule has 1 amide bonds. The van der Waals surface area contributed by atoms with Crippen LogP contribution in [0.2, 0.25) is 0 Å². The number of aromatic nitrogens is 2. The van der Waals surface area contributed by atoms with E-state index in [-0.39, 0.29) is 11.9 Å². The minimum atomic E-state index is -0.0604. The molecule has 82 valence electrons. The van der Waals surface area contributed by atoms with Gasteiger partial charge in [-0.3, -0.25) is 4.79 Å². The Balaban J connectivity index is 1.76. The summed E-state index contributed by atoms with van der Waals surface area (Å²) < 4.78 is 5.25. The van der Waals surface area contributed by atoms with Crippen LogP contribution in [0, 0.1) is 0 Å². The van der Waals surface area contributed by atoms with Crippen LogP contribution in [0.4, 0.5) is 5.13 Å². The van der Waals surface area contributed by atoms with Crippen LogP contribution in [0.15, 0.2) is 5.51 Å². The van der Waals surface area contributed by atoms with E-state index in [1.165, 1.54) is 11.3 Å². The maximum Gasteiger partial charge on any atom is 0.227 e. The molecule has 0 saturated carbocycles. The average Bonchev–Trinajstić information content (AvgIpc) is 2.71. The van der Waals surface area contributed by atoms with Gasteiger partial charge < -0.3 is 15.4 Å². The van der Waals surface area contributed by atoms with Crippen molar-refractivity contribution in [3.05, 3.63) is 5.51 Å². The molecule has 0 radical (unpaired) electrons. The van der Waals surface area contributed by atoms with Crippen LogP contribution in [0.3, 0.4) is 0 Å². The lowest BCUT2D eigenvalue weighted by atomic mass is 10.2. The molecule has 2 N–H and O–H groups in total. The fourth-order valence-corrected chi connectivity index (χ4v) is 1.83. The maximum absolute atomic E-state index is 11.5. The first kappa shape index (κ1) is 10.5. The molecular formula is C8H12N4O2S. The van der Waals surface area contributed by atoms with Gasteiger partial charge in [-0.15, -0.1) is 10.2 Å². The number of nitrogens with one attached hydrogen (secondary N) is 2. The largest absolute Gasteiger partial charge is 0.378 e. The molecule has 0 aromatic carbocycles. The monoisotopic (exact) mass is 228 g/mol. The quantitative estimate of drug-likeness (QED) is 0.752. The number of rotatable bonds is 3. The molecule has 1 aliphatic rings. The molecule has 0 spiro atoms. The Morgan fingerprint density at radius 2 is 2.73 bits per heavy atom. The maximum atomic E-state index is 11.5. The van der Waals surface area contributed by atoms with Crippen molar-refractivity contribution in [2.24, 2.45) is 0 Å². The van der Waals surface area contributed by atoms with Crippen molar-refractivity contribution >= 4 is 22.4 Å². The molecule has 2 heterocycles. The van der Waals surface area contributed by atoms with Gasteiger partial charge in [-0.25, -0.2) is 0 Å². The van der Waals surface area contributed by atoms with Crippen LogP contribution < -0.4 is 10.6 Å². The third-order valence-electron chi connectivity index (χ3n) is 2.04. The number of amides is 1. The third kappa shape index (κ3) is 3.22. The van der Waals surface area contributed by atoms with Crippen molar-refractivity contribution in [2.75, 3.05) is 25.1 Å². The third-order valence-corrected chi connectivity index (χ3v) is 2.64. The van der Waals surface area contributed by atoms with E-state index in [0.717, 1.165) is 6.54 Å². The smallest absolute Gasteiger partial charge is 0.227 e. The van der Waals surface area contributed by atoms with Crippen LogP contribution in [-0.4, -0.2) is 41.9 Å². The fraction of sp³-hybridized carbons (Fsp3) is 0.625. The zero-order valence-corrected chi connectivity index (χ0v) is 8.92. The Hall–Kier alpha value is -1.05. The highest BCUT2D eigenvalue weighted by atomic mass is 32.1. The van der Waals surface area contributed by atoms with Crippen LogP contribution in [0.5, 0.6) is 0 Å². The Morgan fingerprint density at radius 1 is 1.80 bits per heavy atom. The van der Waals surface area contributed by atoms with Crippen molar-refractivity contribution in [1.29, 1.82) is 0 Å². The van der Waals surface area contributed by atoms with Crippen molar-refractivity contribution in [3.8, 4) is 0 Å². The summed E-state index contributed by atoms with van der Waals surface area (Å²) in [4.78, 5) is 11.5. The number of ether oxygens (including phenoxy) is 1. The van der Waals surface area contributed by atoms with Gasteiger partial charge in [-0.05, 0) is 0 Å². The average molecular weight is 228 g/mol. The molecule has 2 rings (SSSR count). The topological polar surface area (TPSA) is 76.1 Å². The van der Waals surface area contributed by atoms with E-state index >= 15 is 0 Å². The van der Waals surface area contributed by atoms with Crippen LogP contribution in [0.1, 0.15) is 6.42 Å². The molecule has 1 aromatic heterocycles. The summed E-state index contributed by atoms with van der Waals surface area (Å²) in [6.07, 6.45) is 0.402. The minimum absolute atomic E-state index is 0.0604. The lowest BCUT2D eigenvalue weighted by molar-refractivity contribution is -0.117. The zero-order valence-electron chi connectivity index (χ0n) is 8.10. The molecular weight excluding hydrogens is 216 g/mol. The van der Waals surface area contributed by atoms with Gasteiger partial charge >= 0.3 is 0 Å². The number of hydrogen-bond acceptors (Lipinski definition) is 6. The highest BCUT2D eigenvalue weighted by Crippen LogP contribution is 2.09. The second kappa shape index (κ2) is 5.15. The summed E-state index contributed by atoms with van der Waals surface area (Å²) >= 11 is 1.31. The molecule has 15 heavy (non-hydrogen) atoms. The predicted molar refractivity (Wildman–Crippen MR) is 55.8 cm³/mol. The SMILES string of the molecule is O=C(CC1COCCN1)Nc1nncs1. The van der Waals surface area contributed by atoms with Crippen molar-refractivity contribution in [1.82, 2.24) is 15.5 Å². The number of anilines is 1. The Morgan fingerprint density at radius 3 is 3.40 bits per heavy atom. The van der Waals surface area contributed by atoms with Gasteiger partial charge in [0.2, 0.25) is 11.0 Å². The number of carbonyl (C=O) groups is 1. The normalized spacial score (nSPS) is 21.2. The van der Waals surface area contributed by atoms with Gasteiger partial charge in [0.05, 0.1) is 13.2 Å². The zero-order chi connectivity index (χ0) is 10.5. The van der Waals surface area contributed by atoms with Crippen LogP contribution in [0.25, 0.3) is 0 Å². The lowest BCUT2D eigenvalue weighted by Gasteiger charge is -2.22. The summed E-state index contributed by atoms with van der Waals surface area (Å²) in [6.45, 7) is 2.11. The van der Waals surface area contributed by atoms with Crippen LogP contribution in [-0.2, 0) is 9.53 Å². The summed E-state index contributed by atoms with van der Waals surface area (Å²) in [7, 11) is 0. The number of hydrogen-bond donors (Lipinski definition) is 2. The predicted octanol–water partition coefficient (Wildman–Crippen LogP) is -0.145. The van der Waals surface area contributed by atoms with E-state index in [0.29, 0.717) is 24.8 Å². The summed E-state index contributed by atoms with van der Waals surface area (Å²) in [5.41, 5.74) is 1.58. The van der Waals surface area contributed by atoms with Gasteiger partial charge in [-0.1, -0.05) is 11.3 Å². The molecule has 1 fully saturated rings. The summed E-state index contributed by atoms with van der Waals surface area (Å²) in [6, 6.07) is 0.103. The van der Waals surface area contributed by atoms with Gasteiger partial charge in [-0.2, -0.15) is 0 Å². The van der Waals surface area contributed by atoms with E-state index in [2.05, 4.69) is 20.8 Å². The molecule has 7 heteroatoms. The molecule has 0 bridgehead atoms. The number of morpholine rings is 1. The molecule has 6 nitrogen and oxygen atoms in total. The van der Waals surface area contributed by atoms with E-state index in [1.807, 2.05) is 0 Å². The van der Waals surface area contributed by atoms with Crippen molar-refractivity contribution < 1.29 is 9.53 Å². The summed E-state index contributed by atoms with van der Waals surface area (Å²) in [5.74, 6) is -0.0604. The fourth-order valence-electron chi connectivity index (χ4n) is 1.37. The Kier molecular flexibility index (Phi) is 3.59. The first-order valence-corrected chi connectivity index (χ1v) is 5.60. The lowest BCUT2D eigenvalue weighted by Crippen LogP contribution is -2.43. The van der Waals surface area contributed by atoms with Gasteiger partial charge in [0.1, 0.15) is 5.51 Å². The van der Waals surface area contributed by atoms with Gasteiger partial charge in [0.25, 0.3) is 0 Å². The standard InChI is InChI=1S/C8H12N4O2S/c13-7(11-8-12-10-5-15-8)3-6-4-14-2-1-9-6/h5-6,9H,1-4H2,(H,11,12,13). The van der Waals surface area contributed by atoms with Gasteiger partial charge in [0.15, 0.2) is 0 Å². The second-order valence-corrected chi connectivity index (χ2v) is 4.06. The highest BCUT2D eigenvalue weighted by Gasteiger charge is 2.17. The Bertz CT molecular complexity index is 310. The highest BCUT2D eigenvalue weighted by molar-refractivity contribution is 7.13. The minimum Gasteiger partial charge on any atom is -0.378 e. The molecule has 1 saturated heterocycles. The number of carbonyl (C=O) groups excluding carboxylic acids is 1. The first-order valence-electron chi connectivity index (χ1n) is 4.72. The van der Waals surface area contributed by atoms with E-state index < -0.39 is 0 Å². The summed E-state index contributed by atoms with van der Waals surface area (Å²) in [5, 5.41) is 13.8. The Labute approximate surface area is 91.0 Å². The van der Waals surface area contributed by atoms with Gasteiger partial charge in [0, 0.05) is 19.0 Å². The van der Waals surface area contributed by atoms with E-state index in [9.17, 15) is 4.79 Å². The molecule has 1 aromatic rings. The van der Waals surface area contributed by atoms with Crippen molar-refractivity contribution in [2.45, 2.75) is 12.5 Å². The van der Waals surface area contributed by atoms with Crippen molar-refractivity contribution in [3.63, 3.8) is 0 Å². The molecule has 1 unspecified atom stereocenters. The molecule has 0 aliphatic carbocycles. The second-order valence-electron chi connectivity index (χ2n) is 3.22. The van der Waals surface area contributed by atoms with E-state index in [4.69, 9.17) is 4.74 Å². The molecule has 1 aliphatic heterocycles. The first-order chi connectivity index (χ1) is 7.34.